The van der Waals surface area contributed by atoms with Crippen LogP contribution in [-0.2, 0) is 6.18 Å². The number of anilines is 1. The summed E-state index contributed by atoms with van der Waals surface area (Å²) in [5.41, 5.74) is -0.486. The summed E-state index contributed by atoms with van der Waals surface area (Å²) in [4.78, 5) is 12.8. The van der Waals surface area contributed by atoms with E-state index in [9.17, 15) is 22.4 Å². The highest BCUT2D eigenvalue weighted by Crippen LogP contribution is 2.39. The standard InChI is InChI=1S/C18H14BrF4NO2/c19-15-5-4-11(8-14(15)18(21,22)23)24-7-6-10(9-24)12-2-1-3-13(16(12)20)17(25)26/h1-5,8,10H,6-7,9H2,(H,25,26). The smallest absolute Gasteiger partial charge is 0.417 e. The van der Waals surface area contributed by atoms with E-state index in [1.165, 1.54) is 24.3 Å². The van der Waals surface area contributed by atoms with E-state index in [0.717, 1.165) is 6.07 Å². The predicted octanol–water partition coefficient (Wildman–Crippen LogP) is 5.30. The first-order valence-corrected chi connectivity index (χ1v) is 8.61. The van der Waals surface area contributed by atoms with Gasteiger partial charge in [-0.3, -0.25) is 0 Å². The average molecular weight is 432 g/mol. The molecule has 1 heterocycles. The van der Waals surface area contributed by atoms with Crippen LogP contribution in [0, 0.1) is 5.82 Å². The van der Waals surface area contributed by atoms with E-state index >= 15 is 0 Å². The van der Waals surface area contributed by atoms with E-state index < -0.39 is 29.1 Å². The molecule has 0 spiro atoms. The maximum atomic E-state index is 14.4. The lowest BCUT2D eigenvalue weighted by molar-refractivity contribution is -0.138. The highest BCUT2D eigenvalue weighted by atomic mass is 79.9. The molecule has 138 valence electrons. The highest BCUT2D eigenvalue weighted by Gasteiger charge is 2.34. The number of benzene rings is 2. The molecule has 1 aliphatic rings. The van der Waals surface area contributed by atoms with Gasteiger partial charge in [0.15, 0.2) is 0 Å². The van der Waals surface area contributed by atoms with Crippen molar-refractivity contribution >= 4 is 27.6 Å². The number of hydrogen-bond acceptors (Lipinski definition) is 2. The van der Waals surface area contributed by atoms with Crippen LogP contribution in [0.3, 0.4) is 0 Å². The number of aromatic carboxylic acids is 1. The number of alkyl halides is 3. The number of hydrogen-bond donors (Lipinski definition) is 1. The number of halogens is 5. The van der Waals surface area contributed by atoms with Gasteiger partial charge in [0.1, 0.15) is 5.82 Å². The number of nitrogens with zero attached hydrogens (tertiary/aromatic N) is 1. The predicted molar refractivity (Wildman–Crippen MR) is 92.1 cm³/mol. The zero-order valence-electron chi connectivity index (χ0n) is 13.4. The minimum atomic E-state index is -4.48. The number of carboxylic acids is 1. The molecule has 0 amide bonds. The van der Waals surface area contributed by atoms with Crippen LogP contribution in [0.25, 0.3) is 0 Å². The third-order valence-corrected chi connectivity index (χ3v) is 5.20. The third kappa shape index (κ3) is 3.56. The second kappa shape index (κ2) is 6.90. The van der Waals surface area contributed by atoms with E-state index in [0.29, 0.717) is 25.2 Å². The summed E-state index contributed by atoms with van der Waals surface area (Å²) in [6.07, 6.45) is -3.95. The van der Waals surface area contributed by atoms with Crippen LogP contribution in [0.1, 0.15) is 33.8 Å². The van der Waals surface area contributed by atoms with Gasteiger partial charge in [-0.05, 0) is 36.2 Å². The van der Waals surface area contributed by atoms with Crippen LogP contribution in [-0.4, -0.2) is 24.2 Å². The Hall–Kier alpha value is -2.09. The fourth-order valence-corrected chi connectivity index (χ4v) is 3.68. The van der Waals surface area contributed by atoms with Crippen molar-refractivity contribution in [2.75, 3.05) is 18.0 Å². The normalized spacial score (nSPS) is 17.6. The summed E-state index contributed by atoms with van der Waals surface area (Å²) in [5, 5.41) is 9.03. The molecule has 1 N–H and O–H groups in total. The molecule has 1 saturated heterocycles. The van der Waals surface area contributed by atoms with Crippen LogP contribution in [0.15, 0.2) is 40.9 Å². The monoisotopic (exact) mass is 431 g/mol. The summed E-state index contributed by atoms with van der Waals surface area (Å²) >= 11 is 2.91. The Bertz CT molecular complexity index is 854. The molecule has 2 aromatic carbocycles. The van der Waals surface area contributed by atoms with Crippen LogP contribution >= 0.6 is 15.9 Å². The van der Waals surface area contributed by atoms with Gasteiger partial charge in [-0.25, -0.2) is 9.18 Å². The Labute approximate surface area is 155 Å². The van der Waals surface area contributed by atoms with Gasteiger partial charge in [0, 0.05) is 29.2 Å². The Balaban J connectivity index is 1.86. The summed E-state index contributed by atoms with van der Waals surface area (Å²) in [7, 11) is 0. The third-order valence-electron chi connectivity index (χ3n) is 4.51. The van der Waals surface area contributed by atoms with Gasteiger partial charge >= 0.3 is 12.1 Å². The quantitative estimate of drug-likeness (QED) is 0.670. The van der Waals surface area contributed by atoms with Gasteiger partial charge in [-0.15, -0.1) is 0 Å². The van der Waals surface area contributed by atoms with Crippen molar-refractivity contribution in [3.05, 3.63) is 63.4 Å². The molecule has 3 rings (SSSR count). The average Bonchev–Trinajstić information content (AvgIpc) is 3.04. The van der Waals surface area contributed by atoms with Gasteiger partial charge in [0.25, 0.3) is 0 Å². The molecule has 0 aromatic heterocycles. The molecule has 26 heavy (non-hydrogen) atoms. The molecule has 1 atom stereocenters. The van der Waals surface area contributed by atoms with Crippen molar-refractivity contribution < 1.29 is 27.5 Å². The molecule has 0 saturated carbocycles. The molecule has 2 aromatic rings. The Kier molecular flexibility index (Phi) is 4.96. The Morgan fingerprint density at radius 2 is 1.96 bits per heavy atom. The minimum Gasteiger partial charge on any atom is -0.478 e. The van der Waals surface area contributed by atoms with E-state index in [4.69, 9.17) is 5.11 Å². The molecule has 1 fully saturated rings. The highest BCUT2D eigenvalue weighted by molar-refractivity contribution is 9.10. The van der Waals surface area contributed by atoms with Gasteiger partial charge in [-0.1, -0.05) is 28.1 Å². The zero-order chi connectivity index (χ0) is 19.1. The van der Waals surface area contributed by atoms with E-state index in [2.05, 4.69) is 15.9 Å². The van der Waals surface area contributed by atoms with Crippen molar-refractivity contribution in [2.24, 2.45) is 0 Å². The number of carbonyl (C=O) groups is 1. The Morgan fingerprint density at radius 3 is 2.62 bits per heavy atom. The van der Waals surface area contributed by atoms with Crippen molar-refractivity contribution in [3.63, 3.8) is 0 Å². The first-order chi connectivity index (χ1) is 12.2. The summed E-state index contributed by atoms with van der Waals surface area (Å²) < 4.78 is 53.6. The molecule has 0 radical (unpaired) electrons. The van der Waals surface area contributed by atoms with Crippen LogP contribution in [0.4, 0.5) is 23.2 Å². The van der Waals surface area contributed by atoms with Gasteiger partial charge < -0.3 is 10.0 Å². The number of rotatable bonds is 3. The second-order valence-electron chi connectivity index (χ2n) is 6.11. The van der Waals surface area contributed by atoms with Crippen molar-refractivity contribution in [1.82, 2.24) is 0 Å². The molecule has 0 aliphatic carbocycles. The fraction of sp³-hybridized carbons (Fsp3) is 0.278. The SMILES string of the molecule is O=C(O)c1cccc(C2CCN(c3ccc(Br)c(C(F)(F)F)c3)C2)c1F. The van der Waals surface area contributed by atoms with Crippen LogP contribution in [0.2, 0.25) is 0 Å². The number of carboxylic acid groups (broad SMARTS) is 1. The molecule has 1 aliphatic heterocycles. The van der Waals surface area contributed by atoms with Gasteiger partial charge in [-0.2, -0.15) is 13.2 Å². The van der Waals surface area contributed by atoms with Crippen molar-refractivity contribution in [1.29, 1.82) is 0 Å². The summed E-state index contributed by atoms with van der Waals surface area (Å²) in [5.74, 6) is -2.41. The molecule has 8 heteroatoms. The molecular formula is C18H14BrF4NO2. The van der Waals surface area contributed by atoms with Gasteiger partial charge in [0.2, 0.25) is 0 Å². The second-order valence-corrected chi connectivity index (χ2v) is 6.96. The molecular weight excluding hydrogens is 418 g/mol. The lowest BCUT2D eigenvalue weighted by atomic mass is 9.96. The topological polar surface area (TPSA) is 40.5 Å². The Morgan fingerprint density at radius 1 is 1.23 bits per heavy atom. The first-order valence-electron chi connectivity index (χ1n) is 7.82. The van der Waals surface area contributed by atoms with Gasteiger partial charge in [0.05, 0.1) is 11.1 Å². The largest absolute Gasteiger partial charge is 0.478 e. The summed E-state index contributed by atoms with van der Waals surface area (Å²) in [6, 6.07) is 8.18. The molecule has 3 nitrogen and oxygen atoms in total. The first kappa shape index (κ1) is 18.7. The van der Waals surface area contributed by atoms with Crippen molar-refractivity contribution in [3.8, 4) is 0 Å². The van der Waals surface area contributed by atoms with Crippen molar-refractivity contribution in [2.45, 2.75) is 18.5 Å². The van der Waals surface area contributed by atoms with Crippen LogP contribution in [0.5, 0.6) is 0 Å². The van der Waals surface area contributed by atoms with E-state index in [1.807, 2.05) is 0 Å². The lowest BCUT2D eigenvalue weighted by Crippen LogP contribution is -2.20. The fourth-order valence-electron chi connectivity index (χ4n) is 3.21. The summed E-state index contributed by atoms with van der Waals surface area (Å²) in [6.45, 7) is 0.777. The minimum absolute atomic E-state index is 0.0373. The van der Waals surface area contributed by atoms with Crippen LogP contribution < -0.4 is 4.90 Å². The van der Waals surface area contributed by atoms with E-state index in [-0.39, 0.29) is 16.0 Å². The lowest BCUT2D eigenvalue weighted by Gasteiger charge is -2.21. The van der Waals surface area contributed by atoms with E-state index in [1.54, 1.807) is 11.0 Å². The zero-order valence-corrected chi connectivity index (χ0v) is 14.9. The maximum absolute atomic E-state index is 14.4. The molecule has 0 bridgehead atoms. The maximum Gasteiger partial charge on any atom is 0.417 e. The molecule has 1 unspecified atom stereocenters.